The summed E-state index contributed by atoms with van der Waals surface area (Å²) < 4.78 is 19.1. The summed E-state index contributed by atoms with van der Waals surface area (Å²) in [7, 11) is 0. The first-order valence-corrected chi connectivity index (χ1v) is 7.54. The van der Waals surface area contributed by atoms with Crippen LogP contribution in [0.3, 0.4) is 0 Å². The predicted octanol–water partition coefficient (Wildman–Crippen LogP) is 3.03. The SMILES string of the molecule is NCC1CCCCC1c1nc(Cc2ccccc2F)no1. The van der Waals surface area contributed by atoms with Crippen LogP contribution in [0.4, 0.5) is 4.39 Å². The van der Waals surface area contributed by atoms with Crippen molar-refractivity contribution in [3.8, 4) is 0 Å². The van der Waals surface area contributed by atoms with E-state index in [1.165, 1.54) is 18.9 Å². The smallest absolute Gasteiger partial charge is 0.230 e. The van der Waals surface area contributed by atoms with Gasteiger partial charge >= 0.3 is 0 Å². The Morgan fingerprint density at radius 3 is 2.86 bits per heavy atom. The van der Waals surface area contributed by atoms with Crippen LogP contribution in [0.1, 0.15) is 48.9 Å². The molecule has 0 radical (unpaired) electrons. The van der Waals surface area contributed by atoms with Gasteiger partial charge in [0, 0.05) is 12.3 Å². The summed E-state index contributed by atoms with van der Waals surface area (Å²) in [4.78, 5) is 4.47. The van der Waals surface area contributed by atoms with Crippen molar-refractivity contribution in [2.75, 3.05) is 6.54 Å². The second kappa shape index (κ2) is 6.35. The Morgan fingerprint density at radius 1 is 1.24 bits per heavy atom. The number of benzene rings is 1. The van der Waals surface area contributed by atoms with Crippen molar-refractivity contribution in [1.29, 1.82) is 0 Å². The minimum Gasteiger partial charge on any atom is -0.339 e. The maximum absolute atomic E-state index is 13.7. The lowest BCUT2D eigenvalue weighted by Gasteiger charge is -2.27. The van der Waals surface area contributed by atoms with E-state index in [0.29, 0.717) is 36.2 Å². The molecule has 0 bridgehead atoms. The molecule has 2 N–H and O–H groups in total. The Balaban J connectivity index is 1.75. The zero-order valence-corrected chi connectivity index (χ0v) is 12.0. The third-order valence-corrected chi connectivity index (χ3v) is 4.32. The lowest BCUT2D eigenvalue weighted by atomic mass is 9.79. The van der Waals surface area contributed by atoms with Gasteiger partial charge in [0.1, 0.15) is 5.82 Å². The molecule has 1 fully saturated rings. The van der Waals surface area contributed by atoms with Gasteiger partial charge in [0.05, 0.1) is 0 Å². The maximum atomic E-state index is 13.7. The summed E-state index contributed by atoms with van der Waals surface area (Å²) in [6.07, 6.45) is 4.91. The molecule has 0 amide bonds. The standard InChI is InChI=1S/C16H20FN3O/c17-14-8-4-2-5-11(14)9-15-19-16(21-20-15)13-7-3-1-6-12(13)10-18/h2,4-5,8,12-13H,1,3,6-7,9-10,18H2. The summed E-state index contributed by atoms with van der Waals surface area (Å²) in [5.74, 6) is 1.64. The molecule has 1 heterocycles. The first-order valence-electron chi connectivity index (χ1n) is 7.54. The average Bonchev–Trinajstić information content (AvgIpc) is 2.98. The number of hydrogen-bond donors (Lipinski definition) is 1. The molecule has 21 heavy (non-hydrogen) atoms. The molecule has 2 unspecified atom stereocenters. The molecule has 1 aliphatic carbocycles. The van der Waals surface area contributed by atoms with Gasteiger partial charge in [-0.15, -0.1) is 0 Å². The minimum absolute atomic E-state index is 0.235. The number of halogens is 1. The third-order valence-electron chi connectivity index (χ3n) is 4.32. The van der Waals surface area contributed by atoms with E-state index in [4.69, 9.17) is 10.3 Å². The van der Waals surface area contributed by atoms with Crippen LogP contribution in [0.15, 0.2) is 28.8 Å². The second-order valence-electron chi connectivity index (χ2n) is 5.70. The van der Waals surface area contributed by atoms with Crippen LogP contribution < -0.4 is 5.73 Å². The first-order chi connectivity index (χ1) is 10.3. The van der Waals surface area contributed by atoms with Crippen LogP contribution >= 0.6 is 0 Å². The van der Waals surface area contributed by atoms with Crippen LogP contribution in [0.2, 0.25) is 0 Å². The van der Waals surface area contributed by atoms with Crippen LogP contribution in [0.5, 0.6) is 0 Å². The van der Waals surface area contributed by atoms with Crippen molar-refractivity contribution in [2.45, 2.75) is 38.0 Å². The zero-order chi connectivity index (χ0) is 14.7. The van der Waals surface area contributed by atoms with Gasteiger partial charge in [0.15, 0.2) is 5.82 Å². The van der Waals surface area contributed by atoms with Crippen molar-refractivity contribution >= 4 is 0 Å². The second-order valence-corrected chi connectivity index (χ2v) is 5.70. The molecule has 3 rings (SSSR count). The highest BCUT2D eigenvalue weighted by atomic mass is 19.1. The van der Waals surface area contributed by atoms with Crippen LogP contribution in [-0.2, 0) is 6.42 Å². The first kappa shape index (κ1) is 14.2. The Hall–Kier alpha value is -1.75. The van der Waals surface area contributed by atoms with Crippen molar-refractivity contribution in [3.05, 3.63) is 47.4 Å². The quantitative estimate of drug-likeness (QED) is 0.939. The van der Waals surface area contributed by atoms with Crippen molar-refractivity contribution in [2.24, 2.45) is 11.7 Å². The van der Waals surface area contributed by atoms with Gasteiger partial charge in [0.25, 0.3) is 0 Å². The normalized spacial score (nSPS) is 22.4. The Kier molecular flexibility index (Phi) is 4.29. The van der Waals surface area contributed by atoms with E-state index < -0.39 is 0 Å². The molecule has 1 aromatic carbocycles. The fraction of sp³-hybridized carbons (Fsp3) is 0.500. The fourth-order valence-electron chi connectivity index (χ4n) is 3.12. The molecule has 4 nitrogen and oxygen atoms in total. The largest absolute Gasteiger partial charge is 0.339 e. The molecule has 0 saturated heterocycles. The van der Waals surface area contributed by atoms with E-state index in [0.717, 1.165) is 12.8 Å². The number of nitrogens with two attached hydrogens (primary N) is 1. The van der Waals surface area contributed by atoms with Gasteiger partial charge in [-0.25, -0.2) is 4.39 Å². The molecule has 0 aliphatic heterocycles. The summed E-state index contributed by atoms with van der Waals surface area (Å²) in [5.41, 5.74) is 6.43. The molecule has 1 saturated carbocycles. The lowest BCUT2D eigenvalue weighted by molar-refractivity contribution is 0.249. The molecule has 1 aliphatic rings. The molecule has 5 heteroatoms. The maximum Gasteiger partial charge on any atom is 0.230 e. The lowest BCUT2D eigenvalue weighted by Crippen LogP contribution is -2.25. The van der Waals surface area contributed by atoms with Gasteiger partial charge in [-0.1, -0.05) is 36.2 Å². The predicted molar refractivity (Wildman–Crippen MR) is 77.3 cm³/mol. The van der Waals surface area contributed by atoms with Crippen molar-refractivity contribution < 1.29 is 8.91 Å². The van der Waals surface area contributed by atoms with Gasteiger partial charge in [-0.05, 0) is 36.9 Å². The number of nitrogens with zero attached hydrogens (tertiary/aromatic N) is 2. The van der Waals surface area contributed by atoms with Gasteiger partial charge in [0.2, 0.25) is 5.89 Å². The van der Waals surface area contributed by atoms with Gasteiger partial charge in [-0.2, -0.15) is 4.98 Å². The summed E-state index contributed by atoms with van der Waals surface area (Å²) >= 11 is 0. The van der Waals surface area contributed by atoms with E-state index in [1.54, 1.807) is 12.1 Å². The van der Waals surface area contributed by atoms with Gasteiger partial charge in [-0.3, -0.25) is 0 Å². The summed E-state index contributed by atoms with van der Waals surface area (Å²) in [5, 5.41) is 4.00. The molecule has 0 spiro atoms. The van der Waals surface area contributed by atoms with E-state index in [-0.39, 0.29) is 11.7 Å². The molecular weight excluding hydrogens is 269 g/mol. The van der Waals surface area contributed by atoms with E-state index in [1.807, 2.05) is 6.07 Å². The highest BCUT2D eigenvalue weighted by molar-refractivity contribution is 5.20. The fourth-order valence-corrected chi connectivity index (χ4v) is 3.12. The Bertz CT molecular complexity index is 599. The Labute approximate surface area is 123 Å². The summed E-state index contributed by atoms with van der Waals surface area (Å²) in [6, 6.07) is 6.68. The zero-order valence-electron chi connectivity index (χ0n) is 12.0. The van der Waals surface area contributed by atoms with E-state index >= 15 is 0 Å². The number of aromatic nitrogens is 2. The van der Waals surface area contributed by atoms with Gasteiger partial charge < -0.3 is 10.3 Å². The molecular formula is C16H20FN3O. The number of hydrogen-bond acceptors (Lipinski definition) is 4. The Morgan fingerprint density at radius 2 is 2.05 bits per heavy atom. The van der Waals surface area contributed by atoms with Crippen molar-refractivity contribution in [1.82, 2.24) is 10.1 Å². The monoisotopic (exact) mass is 289 g/mol. The van der Waals surface area contributed by atoms with Crippen LogP contribution in [0, 0.1) is 11.7 Å². The molecule has 2 aromatic rings. The molecule has 1 aromatic heterocycles. The van der Waals surface area contributed by atoms with Crippen molar-refractivity contribution in [3.63, 3.8) is 0 Å². The van der Waals surface area contributed by atoms with Crippen LogP contribution in [0.25, 0.3) is 0 Å². The van der Waals surface area contributed by atoms with Crippen LogP contribution in [-0.4, -0.2) is 16.7 Å². The molecule has 2 atom stereocenters. The van der Waals surface area contributed by atoms with E-state index in [9.17, 15) is 4.39 Å². The average molecular weight is 289 g/mol. The topological polar surface area (TPSA) is 64.9 Å². The summed E-state index contributed by atoms with van der Waals surface area (Å²) in [6.45, 7) is 0.649. The van der Waals surface area contributed by atoms with E-state index in [2.05, 4.69) is 10.1 Å². The highest BCUT2D eigenvalue weighted by Crippen LogP contribution is 2.36. The highest BCUT2D eigenvalue weighted by Gasteiger charge is 2.29. The molecule has 112 valence electrons. The third kappa shape index (κ3) is 3.13. The minimum atomic E-state index is -0.235. The number of rotatable bonds is 4.